The van der Waals surface area contributed by atoms with Crippen LogP contribution < -0.4 is 4.31 Å². The lowest BCUT2D eigenvalue weighted by Crippen LogP contribution is -2.19. The number of hydrogen-bond donors (Lipinski definition) is 1. The van der Waals surface area contributed by atoms with Gasteiger partial charge < -0.3 is 0 Å². The molecular formula is C3H2N4S. The van der Waals surface area contributed by atoms with Gasteiger partial charge in [0, 0.05) is 0 Å². The molecule has 2 aliphatic heterocycles. The number of fused-ring (bicyclic) bond motifs is 2. The van der Waals surface area contributed by atoms with E-state index in [9.17, 15) is 0 Å². The predicted octanol–water partition coefficient (Wildman–Crippen LogP) is 0.168. The van der Waals surface area contributed by atoms with Crippen molar-refractivity contribution in [1.29, 1.82) is 0 Å². The second-order valence-electron chi connectivity index (χ2n) is 1.40. The molecule has 0 amide bonds. The Morgan fingerprint density at radius 3 is 2.25 bits per heavy atom. The third kappa shape index (κ3) is 0.303. The van der Waals surface area contributed by atoms with Crippen molar-refractivity contribution in [1.82, 2.24) is 15.0 Å². The Bertz CT molecular complexity index is 198. The van der Waals surface area contributed by atoms with E-state index >= 15 is 0 Å². The molecule has 0 N–H and O–H groups in total. The summed E-state index contributed by atoms with van der Waals surface area (Å²) in [5, 5.41) is 0. The lowest BCUT2D eigenvalue weighted by molar-refractivity contribution is 0.935. The van der Waals surface area contributed by atoms with Crippen LogP contribution in [0.4, 0.5) is 11.9 Å². The Labute approximate surface area is 51.1 Å². The summed E-state index contributed by atoms with van der Waals surface area (Å²) in [7, 11) is 0. The third-order valence-electron chi connectivity index (χ3n) is 0.925. The van der Waals surface area contributed by atoms with Crippen molar-refractivity contribution in [3.63, 3.8) is 0 Å². The fourth-order valence-corrected chi connectivity index (χ4v) is 0.721. The van der Waals surface area contributed by atoms with Crippen molar-refractivity contribution in [2.24, 2.45) is 0 Å². The van der Waals surface area contributed by atoms with Gasteiger partial charge in [-0.1, -0.05) is 12.8 Å². The standard InChI is InChI=1S/C3H2N4S/c8-7-2-4-1-5-3(7)6-2/h1,8H. The van der Waals surface area contributed by atoms with Gasteiger partial charge in [0.2, 0.25) is 11.9 Å². The molecule has 3 heterocycles. The van der Waals surface area contributed by atoms with Gasteiger partial charge in [0.25, 0.3) is 0 Å². The lowest BCUT2D eigenvalue weighted by atomic mass is 10.7. The summed E-state index contributed by atoms with van der Waals surface area (Å²) >= 11 is 3.96. The number of hydrogen-bond acceptors (Lipinski definition) is 5. The maximum absolute atomic E-state index is 3.96. The molecule has 1 aromatic rings. The summed E-state index contributed by atoms with van der Waals surface area (Å²) in [4.78, 5) is 11.4. The predicted molar refractivity (Wildman–Crippen MR) is 31.0 cm³/mol. The van der Waals surface area contributed by atoms with Crippen molar-refractivity contribution in [2.75, 3.05) is 4.31 Å². The second kappa shape index (κ2) is 1.11. The Kier molecular flexibility index (Phi) is 0.566. The average molecular weight is 126 g/mol. The summed E-state index contributed by atoms with van der Waals surface area (Å²) < 4.78 is 1.53. The zero-order valence-electron chi connectivity index (χ0n) is 3.81. The summed E-state index contributed by atoms with van der Waals surface area (Å²) in [5.41, 5.74) is 0. The van der Waals surface area contributed by atoms with E-state index in [4.69, 9.17) is 0 Å². The van der Waals surface area contributed by atoms with E-state index in [1.54, 1.807) is 0 Å². The van der Waals surface area contributed by atoms with Gasteiger partial charge in [-0.2, -0.15) is 15.0 Å². The molecule has 0 atom stereocenters. The molecule has 4 nitrogen and oxygen atoms in total. The van der Waals surface area contributed by atoms with Crippen molar-refractivity contribution in [3.8, 4) is 0 Å². The average Bonchev–Trinajstić information content (AvgIpc) is 1.89. The van der Waals surface area contributed by atoms with Gasteiger partial charge >= 0.3 is 0 Å². The van der Waals surface area contributed by atoms with Gasteiger partial charge in [0.05, 0.1) is 0 Å². The number of anilines is 2. The van der Waals surface area contributed by atoms with Gasteiger partial charge in [0.1, 0.15) is 6.33 Å². The van der Waals surface area contributed by atoms with Crippen molar-refractivity contribution < 1.29 is 0 Å². The second-order valence-corrected chi connectivity index (χ2v) is 1.80. The van der Waals surface area contributed by atoms with Crippen LogP contribution in [0.25, 0.3) is 0 Å². The number of nitrogens with zero attached hydrogens (tertiary/aromatic N) is 4. The smallest absolute Gasteiger partial charge is 0.221 e. The summed E-state index contributed by atoms with van der Waals surface area (Å²) in [6.45, 7) is 0. The zero-order chi connectivity index (χ0) is 5.56. The Morgan fingerprint density at radius 2 is 2.00 bits per heavy atom. The largest absolute Gasteiger partial charge is 0.247 e. The van der Waals surface area contributed by atoms with Crippen LogP contribution in [0.1, 0.15) is 0 Å². The van der Waals surface area contributed by atoms with E-state index in [-0.39, 0.29) is 0 Å². The minimum atomic E-state index is 0.623. The van der Waals surface area contributed by atoms with Crippen molar-refractivity contribution in [3.05, 3.63) is 6.33 Å². The van der Waals surface area contributed by atoms with E-state index in [2.05, 4.69) is 27.8 Å². The minimum Gasteiger partial charge on any atom is -0.221 e. The topological polar surface area (TPSA) is 41.9 Å². The fourth-order valence-electron chi connectivity index (χ4n) is 0.528. The van der Waals surface area contributed by atoms with Crippen LogP contribution in [-0.4, -0.2) is 15.0 Å². The van der Waals surface area contributed by atoms with Crippen LogP contribution in [0.2, 0.25) is 0 Å². The third-order valence-corrected chi connectivity index (χ3v) is 1.28. The Balaban J connectivity index is 2.64. The van der Waals surface area contributed by atoms with Gasteiger partial charge in [-0.3, -0.25) is 0 Å². The first-order valence-electron chi connectivity index (χ1n) is 2.06. The van der Waals surface area contributed by atoms with Crippen LogP contribution in [0.3, 0.4) is 0 Å². The van der Waals surface area contributed by atoms with E-state index in [0.29, 0.717) is 11.9 Å². The monoisotopic (exact) mass is 126 g/mol. The van der Waals surface area contributed by atoms with Crippen LogP contribution in [0.5, 0.6) is 0 Å². The van der Waals surface area contributed by atoms with Gasteiger partial charge in [-0.05, 0) is 0 Å². The molecule has 0 spiro atoms. The molecule has 0 saturated heterocycles. The molecule has 5 heteroatoms. The highest BCUT2D eigenvalue weighted by Gasteiger charge is 2.20. The summed E-state index contributed by atoms with van der Waals surface area (Å²) in [6.07, 6.45) is 1.46. The minimum absolute atomic E-state index is 0.623. The van der Waals surface area contributed by atoms with Crippen LogP contribution in [-0.2, 0) is 0 Å². The molecule has 2 aliphatic rings. The SMILES string of the molecule is SN1c2ncnc1n2. The molecule has 0 unspecified atom stereocenters. The fraction of sp³-hybridized carbons (Fsp3) is 0. The van der Waals surface area contributed by atoms with Crippen LogP contribution >= 0.6 is 12.8 Å². The highest BCUT2D eigenvalue weighted by atomic mass is 32.1. The van der Waals surface area contributed by atoms with E-state index in [0.717, 1.165) is 0 Å². The Morgan fingerprint density at radius 1 is 1.38 bits per heavy atom. The molecule has 1 aromatic heterocycles. The van der Waals surface area contributed by atoms with E-state index in [1.807, 2.05) is 0 Å². The molecule has 8 heavy (non-hydrogen) atoms. The summed E-state index contributed by atoms with van der Waals surface area (Å²) in [5.74, 6) is 1.25. The van der Waals surface area contributed by atoms with Crippen molar-refractivity contribution >= 4 is 24.7 Å². The number of thiol groups is 1. The molecule has 3 rings (SSSR count). The Hall–Kier alpha value is -0.840. The molecule has 0 aliphatic carbocycles. The quantitative estimate of drug-likeness (QED) is 0.503. The summed E-state index contributed by atoms with van der Waals surface area (Å²) in [6, 6.07) is 0. The first-order valence-corrected chi connectivity index (χ1v) is 2.46. The van der Waals surface area contributed by atoms with Gasteiger partial charge in [-0.15, -0.1) is 0 Å². The van der Waals surface area contributed by atoms with Crippen LogP contribution in [0, 0.1) is 0 Å². The van der Waals surface area contributed by atoms with Gasteiger partial charge in [-0.25, -0.2) is 4.31 Å². The zero-order valence-corrected chi connectivity index (χ0v) is 4.71. The van der Waals surface area contributed by atoms with Crippen LogP contribution in [0.15, 0.2) is 6.33 Å². The first-order chi connectivity index (χ1) is 3.88. The molecule has 0 radical (unpaired) electrons. The normalized spacial score (nSPS) is 13.4. The highest BCUT2D eigenvalue weighted by molar-refractivity contribution is 7.82. The number of rotatable bonds is 0. The van der Waals surface area contributed by atoms with Crippen molar-refractivity contribution in [2.45, 2.75) is 0 Å². The number of aromatic nitrogens is 3. The first kappa shape index (κ1) is 4.08. The molecule has 0 aromatic carbocycles. The van der Waals surface area contributed by atoms with Gasteiger partial charge in [0.15, 0.2) is 0 Å². The molecule has 2 bridgehead atoms. The lowest BCUT2D eigenvalue weighted by Gasteiger charge is -2.20. The molecule has 40 valence electrons. The molecule has 0 fully saturated rings. The molecule has 0 saturated carbocycles. The molecular weight excluding hydrogens is 124 g/mol. The maximum atomic E-state index is 3.96. The maximum Gasteiger partial charge on any atom is 0.247 e. The van der Waals surface area contributed by atoms with E-state index < -0.39 is 0 Å². The van der Waals surface area contributed by atoms with E-state index in [1.165, 1.54) is 10.6 Å². The highest BCUT2D eigenvalue weighted by Crippen LogP contribution is 2.27.